The Kier molecular flexibility index (Phi) is 4.79. The van der Waals surface area contributed by atoms with Gasteiger partial charge in [0.2, 0.25) is 0 Å². The average molecular weight is 292 g/mol. The van der Waals surface area contributed by atoms with Crippen LogP contribution in [-0.2, 0) is 0 Å². The second-order valence-corrected chi connectivity index (χ2v) is 5.38. The van der Waals surface area contributed by atoms with Crippen LogP contribution in [0, 0.1) is 19.7 Å². The van der Waals surface area contributed by atoms with Gasteiger partial charge in [0.15, 0.2) is 0 Å². The van der Waals surface area contributed by atoms with E-state index >= 15 is 0 Å². The number of hydrogen-bond donors (Lipinski definition) is 1. The highest BCUT2D eigenvalue weighted by atomic mass is 35.5. The molecule has 0 radical (unpaired) electrons. The summed E-state index contributed by atoms with van der Waals surface area (Å²) in [5, 5.41) is 4.11. The van der Waals surface area contributed by atoms with E-state index < -0.39 is 0 Å². The largest absolute Gasteiger partial charge is 0.306 e. The zero-order valence-electron chi connectivity index (χ0n) is 12.0. The lowest BCUT2D eigenvalue weighted by Crippen LogP contribution is -2.24. The van der Waals surface area contributed by atoms with E-state index in [0.29, 0.717) is 5.56 Å². The van der Waals surface area contributed by atoms with Crippen LogP contribution in [0.15, 0.2) is 36.4 Å². The third-order valence-corrected chi connectivity index (χ3v) is 3.89. The van der Waals surface area contributed by atoms with Crippen molar-refractivity contribution < 1.29 is 4.39 Å². The average Bonchev–Trinajstić information content (AvgIpc) is 2.42. The molecule has 3 heteroatoms. The van der Waals surface area contributed by atoms with Gasteiger partial charge in [-0.2, -0.15) is 0 Å². The van der Waals surface area contributed by atoms with E-state index in [1.54, 1.807) is 6.07 Å². The Morgan fingerprint density at radius 1 is 1.10 bits per heavy atom. The van der Waals surface area contributed by atoms with Crippen molar-refractivity contribution in [3.8, 4) is 0 Å². The molecule has 1 atom stereocenters. The molecule has 2 rings (SSSR count). The molecule has 0 heterocycles. The van der Waals surface area contributed by atoms with Gasteiger partial charge in [-0.3, -0.25) is 0 Å². The number of nitrogens with one attached hydrogen (secondary N) is 1. The summed E-state index contributed by atoms with van der Waals surface area (Å²) in [6.07, 6.45) is 0. The summed E-state index contributed by atoms with van der Waals surface area (Å²) in [4.78, 5) is 0. The Bertz CT molecular complexity index is 610. The van der Waals surface area contributed by atoms with Crippen molar-refractivity contribution in [1.82, 2.24) is 5.32 Å². The van der Waals surface area contributed by atoms with Crippen LogP contribution < -0.4 is 5.32 Å². The third-order valence-electron chi connectivity index (χ3n) is 3.48. The Labute approximate surface area is 124 Å². The van der Waals surface area contributed by atoms with Crippen LogP contribution in [0.1, 0.15) is 35.2 Å². The quantitative estimate of drug-likeness (QED) is 0.853. The molecule has 2 aromatic rings. The van der Waals surface area contributed by atoms with E-state index in [4.69, 9.17) is 11.6 Å². The fourth-order valence-corrected chi connectivity index (χ4v) is 2.63. The lowest BCUT2D eigenvalue weighted by molar-refractivity contribution is 0.557. The van der Waals surface area contributed by atoms with Crippen LogP contribution >= 0.6 is 11.6 Å². The van der Waals surface area contributed by atoms with E-state index in [-0.39, 0.29) is 11.9 Å². The second kappa shape index (κ2) is 6.38. The molecule has 0 aromatic heterocycles. The van der Waals surface area contributed by atoms with E-state index in [9.17, 15) is 4.39 Å². The fourth-order valence-electron chi connectivity index (χ4n) is 2.42. The molecule has 106 valence electrons. The molecule has 1 N–H and O–H groups in total. The van der Waals surface area contributed by atoms with Crippen molar-refractivity contribution in [2.24, 2.45) is 0 Å². The van der Waals surface area contributed by atoms with E-state index in [2.05, 4.69) is 5.32 Å². The minimum atomic E-state index is -0.189. The molecular formula is C17H19ClFN. The maximum Gasteiger partial charge on any atom is 0.128 e. The highest BCUT2D eigenvalue weighted by Crippen LogP contribution is 2.30. The summed E-state index contributed by atoms with van der Waals surface area (Å²) in [6.45, 7) is 6.76. The second-order valence-electron chi connectivity index (χ2n) is 4.97. The SMILES string of the molecule is CCNC(c1cc(C)c(Cl)cc1C)c1ccccc1F. The predicted octanol–water partition coefficient (Wildman–Crippen LogP) is 4.79. The number of halogens is 2. The number of rotatable bonds is 4. The Morgan fingerprint density at radius 2 is 1.80 bits per heavy atom. The van der Waals surface area contributed by atoms with Crippen LogP contribution in [0.3, 0.4) is 0 Å². The van der Waals surface area contributed by atoms with E-state index in [1.165, 1.54) is 6.07 Å². The molecule has 0 amide bonds. The highest BCUT2D eigenvalue weighted by Gasteiger charge is 2.19. The standard InChI is InChI=1S/C17H19ClFN/c1-4-20-17(13-7-5-6-8-16(13)19)14-9-12(3)15(18)10-11(14)2/h5-10,17,20H,4H2,1-3H3. The normalized spacial score (nSPS) is 12.4. The first-order chi connectivity index (χ1) is 9.54. The smallest absolute Gasteiger partial charge is 0.128 e. The van der Waals surface area contributed by atoms with Gasteiger partial charge >= 0.3 is 0 Å². The molecule has 0 spiro atoms. The zero-order chi connectivity index (χ0) is 14.7. The van der Waals surface area contributed by atoms with Gasteiger partial charge in [-0.1, -0.05) is 42.8 Å². The molecule has 0 aliphatic carbocycles. The minimum Gasteiger partial charge on any atom is -0.306 e. The maximum absolute atomic E-state index is 14.1. The summed E-state index contributed by atoms with van der Waals surface area (Å²) in [6, 6.07) is 10.7. The van der Waals surface area contributed by atoms with Crippen molar-refractivity contribution in [2.45, 2.75) is 26.8 Å². The Balaban J connectivity index is 2.54. The van der Waals surface area contributed by atoms with Crippen molar-refractivity contribution in [3.63, 3.8) is 0 Å². The Hall–Kier alpha value is -1.38. The first-order valence-electron chi connectivity index (χ1n) is 6.79. The van der Waals surface area contributed by atoms with Crippen LogP contribution in [0.5, 0.6) is 0 Å². The molecule has 1 nitrogen and oxygen atoms in total. The summed E-state index contributed by atoms with van der Waals surface area (Å²) >= 11 is 6.15. The zero-order valence-corrected chi connectivity index (χ0v) is 12.8. The minimum absolute atomic E-state index is 0.155. The van der Waals surface area contributed by atoms with Crippen LogP contribution in [0.2, 0.25) is 5.02 Å². The van der Waals surface area contributed by atoms with Gasteiger partial charge in [-0.15, -0.1) is 0 Å². The van der Waals surface area contributed by atoms with Gasteiger partial charge in [0.1, 0.15) is 5.82 Å². The summed E-state index contributed by atoms with van der Waals surface area (Å²) in [5.74, 6) is -0.189. The van der Waals surface area contributed by atoms with Crippen LogP contribution in [-0.4, -0.2) is 6.54 Å². The fraction of sp³-hybridized carbons (Fsp3) is 0.294. The van der Waals surface area contributed by atoms with Gasteiger partial charge in [-0.25, -0.2) is 4.39 Å². The molecule has 0 bridgehead atoms. The molecular weight excluding hydrogens is 273 g/mol. The number of aryl methyl sites for hydroxylation is 2. The van der Waals surface area contributed by atoms with Gasteiger partial charge in [0, 0.05) is 10.6 Å². The summed E-state index contributed by atoms with van der Waals surface area (Å²) < 4.78 is 14.1. The molecule has 0 saturated heterocycles. The highest BCUT2D eigenvalue weighted by molar-refractivity contribution is 6.31. The molecule has 1 unspecified atom stereocenters. The lowest BCUT2D eigenvalue weighted by atomic mass is 9.93. The first-order valence-corrected chi connectivity index (χ1v) is 7.16. The maximum atomic E-state index is 14.1. The lowest BCUT2D eigenvalue weighted by Gasteiger charge is -2.22. The van der Waals surface area contributed by atoms with Crippen molar-refractivity contribution >= 4 is 11.6 Å². The van der Waals surface area contributed by atoms with Gasteiger partial charge in [0.25, 0.3) is 0 Å². The predicted molar refractivity (Wildman–Crippen MR) is 82.8 cm³/mol. The topological polar surface area (TPSA) is 12.0 Å². The molecule has 2 aromatic carbocycles. The first kappa shape index (κ1) is 15.0. The molecule has 0 aliphatic rings. The summed E-state index contributed by atoms with van der Waals surface area (Å²) in [7, 11) is 0. The third kappa shape index (κ3) is 3.02. The van der Waals surface area contributed by atoms with E-state index in [1.807, 2.05) is 45.0 Å². The molecule has 0 fully saturated rings. The Morgan fingerprint density at radius 3 is 2.45 bits per heavy atom. The van der Waals surface area contributed by atoms with Crippen LogP contribution in [0.25, 0.3) is 0 Å². The van der Waals surface area contributed by atoms with Gasteiger partial charge in [0.05, 0.1) is 6.04 Å². The van der Waals surface area contributed by atoms with E-state index in [0.717, 1.165) is 28.3 Å². The van der Waals surface area contributed by atoms with Crippen molar-refractivity contribution in [3.05, 3.63) is 69.5 Å². The van der Waals surface area contributed by atoms with Crippen LogP contribution in [0.4, 0.5) is 4.39 Å². The van der Waals surface area contributed by atoms with Crippen molar-refractivity contribution in [1.29, 1.82) is 0 Å². The molecule has 0 aliphatic heterocycles. The summed E-state index contributed by atoms with van der Waals surface area (Å²) in [5.41, 5.74) is 3.80. The monoisotopic (exact) mass is 291 g/mol. The molecule has 0 saturated carbocycles. The van der Waals surface area contributed by atoms with Gasteiger partial charge in [-0.05, 0) is 49.2 Å². The number of benzene rings is 2. The number of hydrogen-bond acceptors (Lipinski definition) is 1. The van der Waals surface area contributed by atoms with Crippen molar-refractivity contribution in [2.75, 3.05) is 6.54 Å². The van der Waals surface area contributed by atoms with Gasteiger partial charge < -0.3 is 5.32 Å². The molecule has 20 heavy (non-hydrogen) atoms.